The van der Waals surface area contributed by atoms with Crippen LogP contribution in [-0.2, 0) is 14.8 Å². The fourth-order valence-corrected chi connectivity index (χ4v) is 6.10. The largest absolute Gasteiger partial charge is 0.486 e. The lowest BCUT2D eigenvalue weighted by Gasteiger charge is -2.35. The Balaban J connectivity index is 1.12. The highest BCUT2D eigenvalue weighted by molar-refractivity contribution is 7.89. The van der Waals surface area contributed by atoms with Crippen molar-refractivity contribution in [1.82, 2.24) is 14.1 Å². The minimum absolute atomic E-state index is 0.0525. The second-order valence-corrected chi connectivity index (χ2v) is 10.8. The van der Waals surface area contributed by atoms with Crippen molar-refractivity contribution in [2.45, 2.75) is 17.4 Å². The van der Waals surface area contributed by atoms with Crippen LogP contribution >= 0.6 is 0 Å². The molecule has 34 heavy (non-hydrogen) atoms. The quantitative estimate of drug-likeness (QED) is 0.661. The van der Waals surface area contributed by atoms with Gasteiger partial charge in [0.05, 0.1) is 11.4 Å². The van der Waals surface area contributed by atoms with Crippen LogP contribution in [0.3, 0.4) is 0 Å². The molecule has 1 N–H and O–H groups in total. The van der Waals surface area contributed by atoms with Gasteiger partial charge in [-0.2, -0.15) is 4.31 Å². The number of hydrogen-bond acceptors (Lipinski definition) is 7. The Labute approximate surface area is 200 Å². The lowest BCUT2D eigenvalue weighted by molar-refractivity contribution is -0.133. The summed E-state index contributed by atoms with van der Waals surface area (Å²) < 4.78 is 38.7. The molecule has 1 unspecified atom stereocenters. The number of ether oxygens (including phenoxy) is 2. The van der Waals surface area contributed by atoms with Gasteiger partial charge in [0.25, 0.3) is 0 Å². The van der Waals surface area contributed by atoms with E-state index in [-0.39, 0.29) is 23.9 Å². The summed E-state index contributed by atoms with van der Waals surface area (Å²) in [6.45, 7) is 4.25. The molecule has 0 aromatic heterocycles. The number of fused-ring (bicyclic) bond motifs is 1. The van der Waals surface area contributed by atoms with E-state index in [1.807, 2.05) is 30.3 Å². The van der Waals surface area contributed by atoms with E-state index >= 15 is 0 Å². The van der Waals surface area contributed by atoms with Gasteiger partial charge in [0, 0.05) is 57.1 Å². The van der Waals surface area contributed by atoms with Crippen molar-refractivity contribution in [1.29, 1.82) is 0 Å². The van der Waals surface area contributed by atoms with Crippen molar-refractivity contribution in [3.63, 3.8) is 0 Å². The van der Waals surface area contributed by atoms with Gasteiger partial charge in [0.15, 0.2) is 11.5 Å². The number of likely N-dealkylation sites (tertiary alicyclic amines) is 1. The fraction of sp³-hybridized carbons (Fsp3) is 0.458. The summed E-state index contributed by atoms with van der Waals surface area (Å²) in [6, 6.07) is 15.1. The number of nitrogens with one attached hydrogen (secondary N) is 1. The average Bonchev–Trinajstić information content (AvgIpc) is 3.30. The van der Waals surface area contributed by atoms with E-state index in [0.717, 1.165) is 25.2 Å². The molecular weight excluding hydrogens is 456 g/mol. The number of amides is 1. The molecule has 0 radical (unpaired) electrons. The SMILES string of the molecule is O=C(CN1CCC(Nc2ccccc2)C1)N1CCN(S(=O)(=O)c2ccc3c(c2)OCCO3)CC1. The number of rotatable bonds is 6. The zero-order chi connectivity index (χ0) is 23.5. The highest BCUT2D eigenvalue weighted by atomic mass is 32.2. The first-order valence-corrected chi connectivity index (χ1v) is 13.1. The van der Waals surface area contributed by atoms with Gasteiger partial charge < -0.3 is 19.7 Å². The summed E-state index contributed by atoms with van der Waals surface area (Å²) in [7, 11) is -3.66. The molecule has 3 aliphatic heterocycles. The van der Waals surface area contributed by atoms with Gasteiger partial charge in [-0.25, -0.2) is 8.42 Å². The second-order valence-electron chi connectivity index (χ2n) is 8.82. The molecule has 0 bridgehead atoms. The maximum absolute atomic E-state index is 13.1. The maximum atomic E-state index is 13.1. The molecule has 0 saturated carbocycles. The first-order valence-electron chi connectivity index (χ1n) is 11.7. The Morgan fingerprint density at radius 2 is 1.68 bits per heavy atom. The van der Waals surface area contributed by atoms with Gasteiger partial charge in [-0.3, -0.25) is 9.69 Å². The molecular formula is C24H30N4O5S. The van der Waals surface area contributed by atoms with Gasteiger partial charge in [-0.1, -0.05) is 18.2 Å². The first-order chi connectivity index (χ1) is 16.5. The van der Waals surface area contributed by atoms with Crippen LogP contribution in [-0.4, -0.2) is 93.5 Å². The number of benzene rings is 2. The third-order valence-electron chi connectivity index (χ3n) is 6.52. The lowest BCUT2D eigenvalue weighted by atomic mass is 10.2. The summed E-state index contributed by atoms with van der Waals surface area (Å²) in [5.74, 6) is 1.06. The maximum Gasteiger partial charge on any atom is 0.243 e. The van der Waals surface area contributed by atoms with E-state index < -0.39 is 10.0 Å². The summed E-state index contributed by atoms with van der Waals surface area (Å²) >= 11 is 0. The number of hydrogen-bond donors (Lipinski definition) is 1. The number of nitrogens with zero attached hydrogens (tertiary/aromatic N) is 3. The number of para-hydroxylation sites is 1. The number of carbonyl (C=O) groups excluding carboxylic acids is 1. The molecule has 0 spiro atoms. The molecule has 2 fully saturated rings. The smallest absolute Gasteiger partial charge is 0.243 e. The molecule has 1 amide bonds. The molecule has 2 saturated heterocycles. The van der Waals surface area contributed by atoms with E-state index in [1.54, 1.807) is 17.0 Å². The normalized spacial score (nSPS) is 21.4. The minimum Gasteiger partial charge on any atom is -0.486 e. The van der Waals surface area contributed by atoms with Crippen LogP contribution in [0.2, 0.25) is 0 Å². The summed E-state index contributed by atoms with van der Waals surface area (Å²) in [5, 5.41) is 3.52. The average molecular weight is 487 g/mol. The van der Waals surface area contributed by atoms with Gasteiger partial charge >= 0.3 is 0 Å². The third kappa shape index (κ3) is 4.98. The van der Waals surface area contributed by atoms with E-state index in [9.17, 15) is 13.2 Å². The van der Waals surface area contributed by atoms with E-state index in [1.165, 1.54) is 10.4 Å². The Bertz CT molecular complexity index is 1120. The molecule has 2 aromatic rings. The molecule has 0 aliphatic carbocycles. The molecule has 3 heterocycles. The van der Waals surface area contributed by atoms with Crippen molar-refractivity contribution < 1.29 is 22.7 Å². The summed E-state index contributed by atoms with van der Waals surface area (Å²) in [6.07, 6.45) is 0.990. The van der Waals surface area contributed by atoms with Crippen LogP contribution in [0.4, 0.5) is 5.69 Å². The van der Waals surface area contributed by atoms with E-state index in [0.29, 0.717) is 50.4 Å². The lowest BCUT2D eigenvalue weighted by Crippen LogP contribution is -2.52. The number of sulfonamides is 1. The first kappa shape index (κ1) is 22.9. The number of anilines is 1. The van der Waals surface area contributed by atoms with E-state index in [4.69, 9.17) is 9.47 Å². The summed E-state index contributed by atoms with van der Waals surface area (Å²) in [4.78, 5) is 17.0. The van der Waals surface area contributed by atoms with Crippen LogP contribution in [0.25, 0.3) is 0 Å². The van der Waals surface area contributed by atoms with Crippen molar-refractivity contribution >= 4 is 21.6 Å². The minimum atomic E-state index is -3.66. The number of piperazine rings is 1. The molecule has 2 aromatic carbocycles. The zero-order valence-corrected chi connectivity index (χ0v) is 19.9. The Morgan fingerprint density at radius 3 is 2.44 bits per heavy atom. The van der Waals surface area contributed by atoms with Gasteiger partial charge in [-0.15, -0.1) is 0 Å². The van der Waals surface area contributed by atoms with Crippen LogP contribution in [0, 0.1) is 0 Å². The van der Waals surface area contributed by atoms with Crippen LogP contribution in [0.1, 0.15) is 6.42 Å². The zero-order valence-electron chi connectivity index (χ0n) is 19.1. The number of carbonyl (C=O) groups is 1. The highest BCUT2D eigenvalue weighted by Gasteiger charge is 2.32. The van der Waals surface area contributed by atoms with Crippen molar-refractivity contribution in [2.24, 2.45) is 0 Å². The Morgan fingerprint density at radius 1 is 0.941 bits per heavy atom. The monoisotopic (exact) mass is 486 g/mol. The molecule has 1 atom stereocenters. The van der Waals surface area contributed by atoms with Crippen molar-refractivity contribution in [2.75, 3.05) is 64.3 Å². The van der Waals surface area contributed by atoms with Crippen LogP contribution in [0.5, 0.6) is 11.5 Å². The van der Waals surface area contributed by atoms with Crippen LogP contribution in [0.15, 0.2) is 53.4 Å². The molecule has 5 rings (SSSR count). The molecule has 3 aliphatic rings. The Kier molecular flexibility index (Phi) is 6.62. The van der Waals surface area contributed by atoms with Crippen LogP contribution < -0.4 is 14.8 Å². The van der Waals surface area contributed by atoms with Gasteiger partial charge in [0.2, 0.25) is 15.9 Å². The Hall–Kier alpha value is -2.82. The van der Waals surface area contributed by atoms with E-state index in [2.05, 4.69) is 10.2 Å². The standard InChI is InChI=1S/C24H30N4O5S/c29-24(18-26-9-8-20(17-26)25-19-4-2-1-3-5-19)27-10-12-28(13-11-27)34(30,31)21-6-7-22-23(16-21)33-15-14-32-22/h1-7,16,20,25H,8-15,17-18H2. The third-order valence-corrected chi connectivity index (χ3v) is 8.41. The van der Waals surface area contributed by atoms with Crippen molar-refractivity contribution in [3.05, 3.63) is 48.5 Å². The highest BCUT2D eigenvalue weighted by Crippen LogP contribution is 2.33. The second kappa shape index (κ2) is 9.81. The fourth-order valence-electron chi connectivity index (χ4n) is 4.67. The van der Waals surface area contributed by atoms with Gasteiger partial charge in [0.1, 0.15) is 13.2 Å². The van der Waals surface area contributed by atoms with Crippen molar-refractivity contribution in [3.8, 4) is 11.5 Å². The predicted molar refractivity (Wildman–Crippen MR) is 128 cm³/mol. The summed E-state index contributed by atoms with van der Waals surface area (Å²) in [5.41, 5.74) is 1.09. The molecule has 10 heteroatoms. The predicted octanol–water partition coefficient (Wildman–Crippen LogP) is 1.48. The molecule has 182 valence electrons. The van der Waals surface area contributed by atoms with Gasteiger partial charge in [-0.05, 0) is 30.7 Å². The topological polar surface area (TPSA) is 91.4 Å². The molecule has 9 nitrogen and oxygen atoms in total.